The molecule has 0 saturated carbocycles. The van der Waals surface area contributed by atoms with E-state index in [9.17, 15) is 20.4 Å². The van der Waals surface area contributed by atoms with Gasteiger partial charge in [0.25, 0.3) is 0 Å². The Morgan fingerprint density at radius 3 is 2.21 bits per heavy atom. The van der Waals surface area contributed by atoms with Crippen molar-refractivity contribution in [3.8, 4) is 34.5 Å². The Morgan fingerprint density at radius 1 is 1.00 bits per heavy atom. The highest BCUT2D eigenvalue weighted by molar-refractivity contribution is 5.55. The van der Waals surface area contributed by atoms with E-state index < -0.39 is 12.2 Å². The molecule has 3 rings (SSSR count). The molecular weight excluding hydrogens is 316 g/mol. The van der Waals surface area contributed by atoms with Crippen molar-refractivity contribution in [2.75, 3.05) is 14.2 Å². The number of phenols is 3. The van der Waals surface area contributed by atoms with Crippen molar-refractivity contribution >= 4 is 0 Å². The predicted molar refractivity (Wildman–Crippen MR) is 84.1 cm³/mol. The third-order valence-corrected chi connectivity index (χ3v) is 4.02. The van der Waals surface area contributed by atoms with Crippen molar-refractivity contribution < 1.29 is 34.6 Å². The molecule has 1 heterocycles. The van der Waals surface area contributed by atoms with E-state index in [2.05, 4.69) is 0 Å². The normalized spacial score (nSPS) is 19.3. The molecule has 1 aliphatic heterocycles. The van der Waals surface area contributed by atoms with Gasteiger partial charge < -0.3 is 34.6 Å². The highest BCUT2D eigenvalue weighted by Gasteiger charge is 2.33. The number of ether oxygens (including phenoxy) is 3. The van der Waals surface area contributed by atoms with Gasteiger partial charge in [-0.1, -0.05) is 0 Å². The minimum Gasteiger partial charge on any atom is -0.508 e. The van der Waals surface area contributed by atoms with Crippen molar-refractivity contribution in [2.45, 2.75) is 18.6 Å². The predicted octanol–water partition coefficient (Wildman–Crippen LogP) is 1.86. The van der Waals surface area contributed by atoms with Crippen molar-refractivity contribution in [2.24, 2.45) is 0 Å². The number of fused-ring (bicyclic) bond motifs is 1. The van der Waals surface area contributed by atoms with Gasteiger partial charge in [0, 0.05) is 29.7 Å². The smallest absolute Gasteiger partial charge is 0.200 e. The Hall–Kier alpha value is -2.80. The summed E-state index contributed by atoms with van der Waals surface area (Å²) >= 11 is 0. The Kier molecular flexibility index (Phi) is 4.02. The average molecular weight is 334 g/mol. The highest BCUT2D eigenvalue weighted by atomic mass is 16.5. The first kappa shape index (κ1) is 16.1. The van der Waals surface area contributed by atoms with Crippen LogP contribution in [0.15, 0.2) is 24.3 Å². The number of aliphatic hydroxyl groups is 1. The fourth-order valence-corrected chi connectivity index (χ4v) is 2.83. The highest BCUT2D eigenvalue weighted by Crippen LogP contribution is 2.45. The molecule has 2 atom stereocenters. The lowest BCUT2D eigenvalue weighted by Gasteiger charge is -2.31. The summed E-state index contributed by atoms with van der Waals surface area (Å²) in [6.07, 6.45) is -1.56. The van der Waals surface area contributed by atoms with E-state index in [1.807, 2.05) is 0 Å². The van der Waals surface area contributed by atoms with Crippen molar-refractivity contribution in [1.82, 2.24) is 0 Å². The van der Waals surface area contributed by atoms with Gasteiger partial charge in [-0.15, -0.1) is 0 Å². The van der Waals surface area contributed by atoms with Crippen molar-refractivity contribution in [1.29, 1.82) is 0 Å². The maximum absolute atomic E-state index is 10.4. The molecular formula is C17H18O7. The lowest BCUT2D eigenvalue weighted by atomic mass is 9.93. The van der Waals surface area contributed by atoms with E-state index in [4.69, 9.17) is 14.2 Å². The largest absolute Gasteiger partial charge is 0.508 e. The van der Waals surface area contributed by atoms with Crippen LogP contribution in [0.5, 0.6) is 34.5 Å². The summed E-state index contributed by atoms with van der Waals surface area (Å²) in [6, 6.07) is 5.66. The molecule has 24 heavy (non-hydrogen) atoms. The van der Waals surface area contributed by atoms with Crippen LogP contribution in [-0.2, 0) is 6.42 Å². The number of rotatable bonds is 3. The van der Waals surface area contributed by atoms with Gasteiger partial charge in [0.2, 0.25) is 5.75 Å². The standard InChI is InChI=1S/C17H18O7/c1-22-14-3-8(4-15(23-2)16(14)21)17-12(20)7-10-11(19)5-9(18)6-13(10)24-17/h3-6,12,17-21H,7H2,1-2H3/t12-,17-/m0/s1. The van der Waals surface area contributed by atoms with Crippen LogP contribution < -0.4 is 14.2 Å². The summed E-state index contributed by atoms with van der Waals surface area (Å²) in [5.41, 5.74) is 0.955. The molecule has 1 aliphatic rings. The van der Waals surface area contributed by atoms with E-state index in [-0.39, 0.29) is 40.9 Å². The van der Waals surface area contributed by atoms with Crippen LogP contribution in [0.25, 0.3) is 0 Å². The molecule has 2 aromatic rings. The number of aromatic hydroxyl groups is 3. The second-order valence-electron chi connectivity index (χ2n) is 5.53. The molecule has 7 heteroatoms. The van der Waals surface area contributed by atoms with Crippen LogP contribution in [0.4, 0.5) is 0 Å². The number of benzene rings is 2. The van der Waals surface area contributed by atoms with Gasteiger partial charge in [-0.3, -0.25) is 0 Å². The summed E-state index contributed by atoms with van der Waals surface area (Å²) < 4.78 is 16.0. The van der Waals surface area contributed by atoms with E-state index in [1.165, 1.54) is 26.4 Å². The van der Waals surface area contributed by atoms with Gasteiger partial charge in [-0.2, -0.15) is 0 Å². The number of phenolic OH excluding ortho intramolecular Hbond substituents is 3. The SMILES string of the molecule is COc1cc([C@@H]2Oc3cc(O)cc(O)c3C[C@@H]2O)cc(OC)c1O. The monoisotopic (exact) mass is 334 g/mol. The van der Waals surface area contributed by atoms with Crippen LogP contribution in [0.2, 0.25) is 0 Å². The maximum atomic E-state index is 10.4. The van der Waals surface area contributed by atoms with Crippen LogP contribution >= 0.6 is 0 Å². The molecule has 0 aromatic heterocycles. The fourth-order valence-electron chi connectivity index (χ4n) is 2.83. The summed E-state index contributed by atoms with van der Waals surface area (Å²) in [4.78, 5) is 0. The summed E-state index contributed by atoms with van der Waals surface area (Å²) in [5.74, 6) is 0.235. The number of aliphatic hydroxyl groups excluding tert-OH is 1. The molecule has 0 bridgehead atoms. The number of hydrogen-bond acceptors (Lipinski definition) is 7. The summed E-state index contributed by atoms with van der Waals surface area (Å²) in [7, 11) is 2.81. The molecule has 0 unspecified atom stereocenters. The second-order valence-corrected chi connectivity index (χ2v) is 5.53. The zero-order valence-electron chi connectivity index (χ0n) is 13.2. The molecule has 0 amide bonds. The van der Waals surface area contributed by atoms with E-state index >= 15 is 0 Å². The zero-order chi connectivity index (χ0) is 17.4. The van der Waals surface area contributed by atoms with Crippen molar-refractivity contribution in [3.63, 3.8) is 0 Å². The van der Waals surface area contributed by atoms with Gasteiger partial charge >= 0.3 is 0 Å². The minimum absolute atomic E-state index is 0.136. The van der Waals surface area contributed by atoms with Crippen LogP contribution in [0.3, 0.4) is 0 Å². The average Bonchev–Trinajstić information content (AvgIpc) is 2.55. The van der Waals surface area contributed by atoms with Gasteiger partial charge in [-0.05, 0) is 12.1 Å². The first-order chi connectivity index (χ1) is 11.4. The van der Waals surface area contributed by atoms with Gasteiger partial charge in [0.05, 0.1) is 20.3 Å². The lowest BCUT2D eigenvalue weighted by molar-refractivity contribution is 0.0195. The molecule has 0 radical (unpaired) electrons. The molecule has 4 N–H and O–H groups in total. The van der Waals surface area contributed by atoms with E-state index in [1.54, 1.807) is 12.1 Å². The van der Waals surface area contributed by atoms with Gasteiger partial charge in [-0.25, -0.2) is 0 Å². The fraction of sp³-hybridized carbons (Fsp3) is 0.294. The number of methoxy groups -OCH3 is 2. The quantitative estimate of drug-likeness (QED) is 0.678. The lowest BCUT2D eigenvalue weighted by Crippen LogP contribution is -2.30. The van der Waals surface area contributed by atoms with Crippen LogP contribution in [0.1, 0.15) is 17.2 Å². The first-order valence-corrected chi connectivity index (χ1v) is 7.29. The van der Waals surface area contributed by atoms with Gasteiger partial charge in [0.1, 0.15) is 17.2 Å². The second kappa shape index (κ2) is 6.01. The first-order valence-electron chi connectivity index (χ1n) is 7.29. The summed E-state index contributed by atoms with van der Waals surface area (Å²) in [6.45, 7) is 0. The molecule has 0 saturated heterocycles. The molecule has 128 valence electrons. The Morgan fingerprint density at radius 2 is 1.62 bits per heavy atom. The van der Waals surface area contributed by atoms with Gasteiger partial charge in [0.15, 0.2) is 17.6 Å². The molecule has 0 aliphatic carbocycles. The minimum atomic E-state index is -0.938. The number of hydrogen-bond donors (Lipinski definition) is 4. The van der Waals surface area contributed by atoms with Crippen LogP contribution in [-0.4, -0.2) is 40.7 Å². The maximum Gasteiger partial charge on any atom is 0.200 e. The topological polar surface area (TPSA) is 109 Å². The Balaban J connectivity index is 2.04. The third kappa shape index (κ3) is 2.63. The zero-order valence-corrected chi connectivity index (χ0v) is 13.2. The molecule has 7 nitrogen and oxygen atoms in total. The Bertz CT molecular complexity index is 747. The Labute approximate surface area is 138 Å². The summed E-state index contributed by atoms with van der Waals surface area (Å²) in [5, 5.41) is 39.9. The van der Waals surface area contributed by atoms with E-state index in [0.29, 0.717) is 11.1 Å². The third-order valence-electron chi connectivity index (χ3n) is 4.02. The molecule has 0 fully saturated rings. The van der Waals surface area contributed by atoms with Crippen molar-refractivity contribution in [3.05, 3.63) is 35.4 Å². The van der Waals surface area contributed by atoms with Crippen LogP contribution in [0, 0.1) is 0 Å². The molecule has 0 spiro atoms. The van der Waals surface area contributed by atoms with E-state index in [0.717, 1.165) is 0 Å². The molecule has 2 aromatic carbocycles.